The van der Waals surface area contributed by atoms with Crippen LogP contribution in [0.4, 0.5) is 13.2 Å². The van der Waals surface area contributed by atoms with Crippen LogP contribution >= 0.6 is 11.6 Å². The second-order valence-corrected chi connectivity index (χ2v) is 30.0. The molecule has 94 heavy (non-hydrogen) atoms. The van der Waals surface area contributed by atoms with Crippen LogP contribution in [0.25, 0.3) is 0 Å². The fourth-order valence-corrected chi connectivity index (χ4v) is 15.9. The van der Waals surface area contributed by atoms with E-state index in [1.807, 2.05) is 20.8 Å². The molecule has 4 aliphatic carbocycles. The molecule has 2 aliphatic heterocycles. The quantitative estimate of drug-likeness (QED) is 0.174. The summed E-state index contributed by atoms with van der Waals surface area (Å²) in [6.45, 7) is 9.82. The van der Waals surface area contributed by atoms with Gasteiger partial charge in [0.05, 0.1) is 25.6 Å². The van der Waals surface area contributed by atoms with Crippen molar-refractivity contribution in [1.29, 1.82) is 0 Å². The highest BCUT2D eigenvalue weighted by Gasteiger charge is 2.51. The number of fused-ring (bicyclic) bond motifs is 1. The van der Waals surface area contributed by atoms with Gasteiger partial charge in [0, 0.05) is 66.7 Å². The van der Waals surface area contributed by atoms with Crippen molar-refractivity contribution in [3.8, 4) is 0 Å². The summed E-state index contributed by atoms with van der Waals surface area (Å²) in [6, 6.07) is -7.47. The Labute approximate surface area is 560 Å². The molecular weight excluding hydrogens is 1240 g/mol. The maximum absolute atomic E-state index is 15.3. The van der Waals surface area contributed by atoms with Crippen LogP contribution in [-0.2, 0) is 52.7 Å². The van der Waals surface area contributed by atoms with Crippen molar-refractivity contribution in [2.75, 3.05) is 68.5 Å². The van der Waals surface area contributed by atoms with Gasteiger partial charge in [0.1, 0.15) is 41.8 Å². The smallest absolute Gasteiger partial charge is 0.351 e. The minimum atomic E-state index is -4.49. The van der Waals surface area contributed by atoms with Crippen molar-refractivity contribution in [1.82, 2.24) is 55.6 Å². The van der Waals surface area contributed by atoms with E-state index in [-0.39, 0.29) is 101 Å². The molecule has 4 N–H and O–H groups in total. The molecular formula is C68H111ClF3N11O11. The summed E-state index contributed by atoms with van der Waals surface area (Å²) in [4.78, 5) is 170. The van der Waals surface area contributed by atoms with Gasteiger partial charge in [-0.05, 0) is 126 Å². The van der Waals surface area contributed by atoms with Gasteiger partial charge in [0.2, 0.25) is 65.0 Å². The molecule has 6 aliphatic rings. The predicted molar refractivity (Wildman–Crippen MR) is 350 cm³/mol. The molecule has 532 valence electrons. The minimum Gasteiger partial charge on any atom is -0.351 e. The first-order chi connectivity index (χ1) is 44.2. The topological polar surface area (TPSA) is 259 Å². The first kappa shape index (κ1) is 77.3. The molecule has 2 saturated heterocycles. The monoisotopic (exact) mass is 1350 g/mol. The lowest BCUT2D eigenvalue weighted by molar-refractivity contribution is -0.182. The Morgan fingerprint density at radius 2 is 1.20 bits per heavy atom. The zero-order chi connectivity index (χ0) is 69.7. The van der Waals surface area contributed by atoms with Crippen molar-refractivity contribution in [3.05, 3.63) is 0 Å². The number of hydrogen-bond donors (Lipinski definition) is 4. The van der Waals surface area contributed by atoms with E-state index in [2.05, 4.69) is 28.2 Å². The van der Waals surface area contributed by atoms with Gasteiger partial charge in [0.15, 0.2) is 0 Å². The first-order valence-corrected chi connectivity index (χ1v) is 35.4. The molecule has 4 saturated carbocycles. The molecule has 11 atom stereocenters. The Balaban J connectivity index is 1.36. The summed E-state index contributed by atoms with van der Waals surface area (Å²) in [6.07, 6.45) is 5.83. The number of nitrogens with zero attached hydrogens (tertiary/aromatic N) is 7. The largest absolute Gasteiger partial charge is 0.393 e. The average Bonchev–Trinajstić information content (AvgIpc) is 1.33. The lowest BCUT2D eigenvalue weighted by Crippen LogP contribution is -2.64. The standard InChI is InChI=1S/C68H111ClF3N11O11/c1-13-43(5)58-65(93)79(9)39-56(86)77(7)40-57(87)81(11)53(37-46-25-23-42(4)24-26-46)64(92)78(8)38-54(84)74-50(30-28-45-27-29-48(49(69)36-45)68(70,71)72)63(91)83-33-19-22-51(83)61(89)76-67(31-17-18-32-67)66(94)82(12)59(47-20-15-14-16-21-47)62(90)73-44(6)35-55(85)80(10)52(34-41(2)3)60(88)75-58/h41-53,58-59H,13-40H2,1-12H3,(H,73,90)(H,74,84)(H,75,88)(H,76,89)/t42?,43-,44+,45?,46?,48?,49?,50-,51-,52-,53-,58-,59-/m0/s1. The molecule has 2 heterocycles. The third-order valence-electron chi connectivity index (χ3n) is 21.6. The molecule has 1 spiro atoms. The maximum Gasteiger partial charge on any atom is 0.393 e. The molecule has 0 aromatic rings. The number of amides is 11. The highest BCUT2D eigenvalue weighted by atomic mass is 35.5. The third kappa shape index (κ3) is 20.2. The molecule has 0 radical (unpaired) electrons. The zero-order valence-electron chi connectivity index (χ0n) is 58.1. The Morgan fingerprint density at radius 3 is 1.81 bits per heavy atom. The van der Waals surface area contributed by atoms with Crippen LogP contribution in [-0.4, -0.2) is 227 Å². The summed E-state index contributed by atoms with van der Waals surface area (Å²) in [5.41, 5.74) is -1.46. The number of carbonyl (C=O) groups excluding carboxylic acids is 11. The molecule has 26 heteroatoms. The fraction of sp³-hybridized carbons (Fsp3) is 0.838. The molecule has 11 amide bonds. The minimum absolute atomic E-state index is 0.0174. The molecule has 0 aromatic heterocycles. The number of likely N-dealkylation sites (N-methyl/N-ethyl adjacent to an activating group) is 6. The molecule has 0 aromatic carbocycles. The van der Waals surface area contributed by atoms with Gasteiger partial charge in [-0.3, -0.25) is 52.7 Å². The van der Waals surface area contributed by atoms with Crippen LogP contribution in [0, 0.1) is 41.4 Å². The number of rotatable bonds is 10. The zero-order valence-corrected chi connectivity index (χ0v) is 58.8. The highest BCUT2D eigenvalue weighted by molar-refractivity contribution is 6.20. The highest BCUT2D eigenvalue weighted by Crippen LogP contribution is 2.44. The van der Waals surface area contributed by atoms with E-state index < -0.39 is 156 Å². The lowest BCUT2D eigenvalue weighted by atomic mass is 9.78. The first-order valence-electron chi connectivity index (χ1n) is 34.9. The number of hydrogen-bond acceptors (Lipinski definition) is 11. The normalized spacial score (nSPS) is 31.6. The SMILES string of the molecule is CC[C@H](C)[C@@H]1NC(=O)[C@H](CC(C)C)N(C)C(=O)C[C@@H](C)NC(=O)[C@H](C2CCCCC2)N(C)C(=O)C2(CCCC2)NC(=O)[C@@H]2CCCN2C(=O)[C@H](CCC2CCC(C(F)(F)F)C(Cl)C2)NC(=O)CN(C)C(=O)[C@H](CC2CCC(C)CC2)N(C)C(=O)CN(C)C(=O)CN(C)C1=O. The second kappa shape index (κ2) is 34.5. The number of carbonyl (C=O) groups is 11. The molecule has 3 unspecified atom stereocenters. The maximum atomic E-state index is 15.3. The summed E-state index contributed by atoms with van der Waals surface area (Å²) in [5, 5.41) is 10.7. The molecule has 0 bridgehead atoms. The van der Waals surface area contributed by atoms with Crippen LogP contribution < -0.4 is 21.3 Å². The van der Waals surface area contributed by atoms with Crippen LogP contribution in [0.5, 0.6) is 0 Å². The van der Waals surface area contributed by atoms with Crippen molar-refractivity contribution < 1.29 is 65.9 Å². The number of nitrogens with one attached hydrogen (secondary N) is 4. The van der Waals surface area contributed by atoms with E-state index in [4.69, 9.17) is 11.6 Å². The second-order valence-electron chi connectivity index (χ2n) is 29.4. The van der Waals surface area contributed by atoms with E-state index in [0.29, 0.717) is 44.4 Å². The Hall–Kier alpha value is -5.75. The van der Waals surface area contributed by atoms with Gasteiger partial charge in [-0.2, -0.15) is 13.2 Å². The average molecular weight is 1350 g/mol. The number of alkyl halides is 4. The van der Waals surface area contributed by atoms with Crippen molar-refractivity contribution >= 4 is 76.6 Å². The summed E-state index contributed by atoms with van der Waals surface area (Å²) < 4.78 is 41.9. The van der Waals surface area contributed by atoms with Gasteiger partial charge in [-0.1, -0.05) is 98.8 Å². The van der Waals surface area contributed by atoms with Gasteiger partial charge in [-0.15, -0.1) is 11.6 Å². The summed E-state index contributed by atoms with van der Waals surface area (Å²) in [7, 11) is 8.75. The van der Waals surface area contributed by atoms with E-state index in [0.717, 1.165) is 49.8 Å². The summed E-state index contributed by atoms with van der Waals surface area (Å²) in [5.74, 6) is -8.70. The molecule has 6 fully saturated rings. The van der Waals surface area contributed by atoms with Crippen molar-refractivity contribution in [2.45, 2.75) is 255 Å². The fourth-order valence-electron chi connectivity index (χ4n) is 15.4. The molecule has 6 rings (SSSR count). The molecule has 22 nitrogen and oxygen atoms in total. The summed E-state index contributed by atoms with van der Waals surface area (Å²) >= 11 is 6.39. The third-order valence-corrected chi connectivity index (χ3v) is 22.1. The van der Waals surface area contributed by atoms with Gasteiger partial charge >= 0.3 is 6.18 Å². The van der Waals surface area contributed by atoms with Gasteiger partial charge in [-0.25, -0.2) is 0 Å². The lowest BCUT2D eigenvalue weighted by Gasteiger charge is -2.41. The van der Waals surface area contributed by atoms with E-state index in [1.165, 1.54) is 64.6 Å². The van der Waals surface area contributed by atoms with E-state index in [1.54, 1.807) is 20.9 Å². The number of halogens is 4. The van der Waals surface area contributed by atoms with Crippen molar-refractivity contribution in [2.24, 2.45) is 41.4 Å². The van der Waals surface area contributed by atoms with Crippen LogP contribution in [0.2, 0.25) is 0 Å². The Bertz CT molecular complexity index is 2670. The van der Waals surface area contributed by atoms with E-state index in [9.17, 15) is 56.3 Å². The predicted octanol–water partition coefficient (Wildman–Crippen LogP) is 6.40. The van der Waals surface area contributed by atoms with E-state index >= 15 is 9.59 Å². The van der Waals surface area contributed by atoms with Gasteiger partial charge < -0.3 is 55.6 Å². The van der Waals surface area contributed by atoms with Gasteiger partial charge in [0.25, 0.3) is 0 Å². The van der Waals surface area contributed by atoms with Crippen molar-refractivity contribution in [3.63, 3.8) is 0 Å². The van der Waals surface area contributed by atoms with Crippen LogP contribution in [0.15, 0.2) is 0 Å². The van der Waals surface area contributed by atoms with Crippen LogP contribution in [0.3, 0.4) is 0 Å². The Kier molecular flexibility index (Phi) is 28.3. The van der Waals surface area contributed by atoms with Crippen LogP contribution in [0.1, 0.15) is 196 Å². The Morgan fingerprint density at radius 1 is 0.596 bits per heavy atom.